The Morgan fingerprint density at radius 3 is 2.59 bits per heavy atom. The minimum absolute atomic E-state index is 0.663. The number of nitrogens with zero attached hydrogens (tertiary/aromatic N) is 1. The van der Waals surface area contributed by atoms with E-state index in [0.29, 0.717) is 5.69 Å². The summed E-state index contributed by atoms with van der Waals surface area (Å²) < 4.78 is 0. The van der Waals surface area contributed by atoms with E-state index >= 15 is 0 Å². The van der Waals surface area contributed by atoms with E-state index in [0.717, 1.165) is 17.2 Å². The van der Waals surface area contributed by atoms with Crippen molar-refractivity contribution >= 4 is 17.2 Å². The van der Waals surface area contributed by atoms with Gasteiger partial charge in [0.15, 0.2) is 5.82 Å². The lowest BCUT2D eigenvalue weighted by molar-refractivity contribution is 1.20. The normalized spacial score (nSPS) is 10.3. The first-order valence-corrected chi connectivity index (χ1v) is 5.63. The van der Waals surface area contributed by atoms with Gasteiger partial charge >= 0.3 is 0 Å². The molecule has 2 aromatic rings. The second-order valence-corrected chi connectivity index (χ2v) is 4.33. The number of rotatable bonds is 2. The van der Waals surface area contributed by atoms with Crippen LogP contribution in [0, 0.1) is 20.8 Å². The summed E-state index contributed by atoms with van der Waals surface area (Å²) in [7, 11) is 0. The third-order valence-corrected chi connectivity index (χ3v) is 2.71. The molecule has 17 heavy (non-hydrogen) atoms. The second kappa shape index (κ2) is 4.45. The summed E-state index contributed by atoms with van der Waals surface area (Å²) >= 11 is 0. The summed E-state index contributed by atoms with van der Waals surface area (Å²) in [4.78, 5) is 4.40. The smallest absolute Gasteiger partial charge is 0.153 e. The minimum atomic E-state index is 0.663. The Morgan fingerprint density at radius 2 is 1.82 bits per heavy atom. The molecule has 0 atom stereocenters. The summed E-state index contributed by atoms with van der Waals surface area (Å²) in [5.74, 6) is 0.721. The molecule has 0 fully saturated rings. The van der Waals surface area contributed by atoms with Gasteiger partial charge in [-0.25, -0.2) is 4.98 Å². The third-order valence-electron chi connectivity index (χ3n) is 2.71. The average Bonchev–Trinajstić information content (AvgIpc) is 2.28. The molecule has 1 aromatic carbocycles. The van der Waals surface area contributed by atoms with Crippen LogP contribution in [-0.2, 0) is 0 Å². The van der Waals surface area contributed by atoms with E-state index < -0.39 is 0 Å². The molecule has 0 saturated heterocycles. The van der Waals surface area contributed by atoms with E-state index in [4.69, 9.17) is 5.73 Å². The van der Waals surface area contributed by atoms with Crippen LogP contribution >= 0.6 is 0 Å². The van der Waals surface area contributed by atoms with Crippen molar-refractivity contribution in [1.82, 2.24) is 4.98 Å². The van der Waals surface area contributed by atoms with E-state index in [1.165, 1.54) is 11.1 Å². The number of aromatic nitrogens is 1. The summed E-state index contributed by atoms with van der Waals surface area (Å²) in [6, 6.07) is 10.1. The van der Waals surface area contributed by atoms with Crippen LogP contribution in [0.5, 0.6) is 0 Å². The number of pyridine rings is 1. The molecule has 0 amide bonds. The number of nitrogens with one attached hydrogen (secondary N) is 1. The Hall–Kier alpha value is -2.03. The van der Waals surface area contributed by atoms with Gasteiger partial charge in [-0.1, -0.05) is 12.1 Å². The van der Waals surface area contributed by atoms with Gasteiger partial charge in [-0.2, -0.15) is 0 Å². The van der Waals surface area contributed by atoms with Gasteiger partial charge in [0.25, 0.3) is 0 Å². The maximum atomic E-state index is 5.90. The molecular formula is C14H17N3. The largest absolute Gasteiger partial charge is 0.396 e. The predicted molar refractivity (Wildman–Crippen MR) is 72.6 cm³/mol. The Balaban J connectivity index is 2.37. The first-order chi connectivity index (χ1) is 8.06. The van der Waals surface area contributed by atoms with Crippen LogP contribution in [0.15, 0.2) is 30.3 Å². The van der Waals surface area contributed by atoms with Crippen molar-refractivity contribution in [1.29, 1.82) is 0 Å². The maximum absolute atomic E-state index is 5.90. The maximum Gasteiger partial charge on any atom is 0.153 e. The van der Waals surface area contributed by atoms with Crippen molar-refractivity contribution in [3.8, 4) is 0 Å². The van der Waals surface area contributed by atoms with Gasteiger partial charge in [-0.05, 0) is 50.1 Å². The van der Waals surface area contributed by atoms with Crippen molar-refractivity contribution < 1.29 is 0 Å². The van der Waals surface area contributed by atoms with Crippen molar-refractivity contribution in [3.63, 3.8) is 0 Å². The van der Waals surface area contributed by atoms with Crippen molar-refractivity contribution in [2.24, 2.45) is 0 Å². The Kier molecular flexibility index (Phi) is 3.00. The second-order valence-electron chi connectivity index (χ2n) is 4.33. The average molecular weight is 227 g/mol. The van der Waals surface area contributed by atoms with Gasteiger partial charge in [0.1, 0.15) is 0 Å². The topological polar surface area (TPSA) is 50.9 Å². The highest BCUT2D eigenvalue weighted by Gasteiger charge is 2.04. The van der Waals surface area contributed by atoms with Crippen LogP contribution in [0.4, 0.5) is 17.2 Å². The van der Waals surface area contributed by atoms with Crippen LogP contribution in [0.25, 0.3) is 0 Å². The quantitative estimate of drug-likeness (QED) is 0.827. The lowest BCUT2D eigenvalue weighted by Crippen LogP contribution is -2.01. The molecule has 1 heterocycles. The fraction of sp³-hybridized carbons (Fsp3) is 0.214. The van der Waals surface area contributed by atoms with Gasteiger partial charge in [-0.15, -0.1) is 0 Å². The van der Waals surface area contributed by atoms with Gasteiger partial charge in [0.2, 0.25) is 0 Å². The molecule has 0 radical (unpaired) electrons. The Bertz CT molecular complexity index is 498. The molecule has 0 bridgehead atoms. The number of benzene rings is 1. The van der Waals surface area contributed by atoms with Crippen LogP contribution in [0.3, 0.4) is 0 Å². The van der Waals surface area contributed by atoms with E-state index in [2.05, 4.69) is 42.3 Å². The minimum Gasteiger partial charge on any atom is -0.396 e. The lowest BCUT2D eigenvalue weighted by atomic mass is 10.1. The van der Waals surface area contributed by atoms with Crippen molar-refractivity contribution in [2.75, 3.05) is 11.1 Å². The SMILES string of the molecule is Cc1ccc(C)c(Nc2nc(C)ccc2N)c1. The summed E-state index contributed by atoms with van der Waals surface area (Å²) in [5.41, 5.74) is 11.0. The zero-order valence-electron chi connectivity index (χ0n) is 10.4. The van der Waals surface area contributed by atoms with E-state index in [1.54, 1.807) is 0 Å². The monoisotopic (exact) mass is 227 g/mol. The number of hydrogen-bond donors (Lipinski definition) is 2. The highest BCUT2D eigenvalue weighted by molar-refractivity contribution is 5.70. The molecule has 1 aromatic heterocycles. The summed E-state index contributed by atoms with van der Waals surface area (Å²) in [6.45, 7) is 6.08. The molecule has 2 rings (SSSR count). The molecule has 0 aliphatic rings. The van der Waals surface area contributed by atoms with Crippen LogP contribution in [-0.4, -0.2) is 4.98 Å². The number of anilines is 3. The Morgan fingerprint density at radius 1 is 1.06 bits per heavy atom. The van der Waals surface area contributed by atoms with Crippen LogP contribution in [0.1, 0.15) is 16.8 Å². The molecule has 0 spiro atoms. The fourth-order valence-electron chi connectivity index (χ4n) is 1.67. The highest BCUT2D eigenvalue weighted by Crippen LogP contribution is 2.24. The number of nitrogen functional groups attached to an aromatic ring is 1. The predicted octanol–water partition coefficient (Wildman–Crippen LogP) is 3.33. The van der Waals surface area contributed by atoms with Crippen LogP contribution < -0.4 is 11.1 Å². The molecule has 0 unspecified atom stereocenters. The molecule has 3 N–H and O–H groups in total. The van der Waals surface area contributed by atoms with Gasteiger partial charge in [0, 0.05) is 11.4 Å². The van der Waals surface area contributed by atoms with Crippen molar-refractivity contribution in [2.45, 2.75) is 20.8 Å². The van der Waals surface area contributed by atoms with E-state index in [1.807, 2.05) is 19.1 Å². The molecule has 0 saturated carbocycles. The van der Waals surface area contributed by atoms with Gasteiger partial charge in [0.05, 0.1) is 5.69 Å². The zero-order chi connectivity index (χ0) is 12.4. The van der Waals surface area contributed by atoms with E-state index in [-0.39, 0.29) is 0 Å². The molecule has 88 valence electrons. The Labute approximate surface area is 102 Å². The highest BCUT2D eigenvalue weighted by atomic mass is 15.0. The first-order valence-electron chi connectivity index (χ1n) is 5.63. The molecule has 3 heteroatoms. The fourth-order valence-corrected chi connectivity index (χ4v) is 1.67. The zero-order valence-corrected chi connectivity index (χ0v) is 10.4. The number of aryl methyl sites for hydroxylation is 3. The van der Waals surface area contributed by atoms with Gasteiger partial charge < -0.3 is 11.1 Å². The molecule has 3 nitrogen and oxygen atoms in total. The van der Waals surface area contributed by atoms with E-state index in [9.17, 15) is 0 Å². The lowest BCUT2D eigenvalue weighted by Gasteiger charge is -2.12. The third kappa shape index (κ3) is 2.56. The number of hydrogen-bond acceptors (Lipinski definition) is 3. The van der Waals surface area contributed by atoms with Crippen LogP contribution in [0.2, 0.25) is 0 Å². The first kappa shape index (κ1) is 11.5. The molecule has 0 aliphatic heterocycles. The summed E-state index contributed by atoms with van der Waals surface area (Å²) in [5, 5.41) is 3.29. The van der Waals surface area contributed by atoms with Crippen molar-refractivity contribution in [3.05, 3.63) is 47.2 Å². The standard InChI is InChI=1S/C14H17N3/c1-9-4-5-10(2)13(8-9)17-14-12(15)7-6-11(3)16-14/h4-8H,15H2,1-3H3,(H,16,17). The summed E-state index contributed by atoms with van der Waals surface area (Å²) in [6.07, 6.45) is 0. The molecular weight excluding hydrogens is 210 g/mol. The molecule has 0 aliphatic carbocycles. The van der Waals surface area contributed by atoms with Gasteiger partial charge in [-0.3, -0.25) is 0 Å². The number of nitrogens with two attached hydrogens (primary N) is 1.